The Morgan fingerprint density at radius 3 is 2.67 bits per heavy atom. The van der Waals surface area contributed by atoms with Gasteiger partial charge in [-0.2, -0.15) is 0 Å². The summed E-state index contributed by atoms with van der Waals surface area (Å²) in [6.07, 6.45) is 3.98. The van der Waals surface area contributed by atoms with Crippen molar-refractivity contribution in [3.63, 3.8) is 0 Å². The van der Waals surface area contributed by atoms with Crippen molar-refractivity contribution in [1.29, 1.82) is 0 Å². The normalized spacial score (nSPS) is 16.6. The summed E-state index contributed by atoms with van der Waals surface area (Å²) in [5.41, 5.74) is 8.79. The Labute approximate surface area is 109 Å². The summed E-state index contributed by atoms with van der Waals surface area (Å²) in [5.74, 6) is -0.361. The number of hydrogen-bond acceptors (Lipinski definition) is 2. The molecule has 0 saturated heterocycles. The number of amides is 1. The molecule has 18 heavy (non-hydrogen) atoms. The average Bonchev–Trinajstić information content (AvgIpc) is 3.11. The minimum atomic E-state index is -0.361. The van der Waals surface area contributed by atoms with Crippen molar-refractivity contribution in [2.24, 2.45) is 11.1 Å². The number of benzene rings is 1. The van der Waals surface area contributed by atoms with Gasteiger partial charge in [0.2, 0.25) is 5.91 Å². The lowest BCUT2D eigenvalue weighted by Crippen LogP contribution is -2.23. The van der Waals surface area contributed by atoms with E-state index in [1.165, 1.54) is 24.8 Å². The van der Waals surface area contributed by atoms with Gasteiger partial charge in [0.1, 0.15) is 0 Å². The van der Waals surface area contributed by atoms with Gasteiger partial charge in [0.25, 0.3) is 0 Å². The molecule has 1 aromatic rings. The van der Waals surface area contributed by atoms with Crippen LogP contribution in [0.4, 0.5) is 0 Å². The molecule has 2 rings (SSSR count). The Bertz CT molecular complexity index is 450. The fraction of sp³-hybridized carbons (Fsp3) is 0.533. The van der Waals surface area contributed by atoms with Crippen LogP contribution in [0.1, 0.15) is 47.7 Å². The van der Waals surface area contributed by atoms with Crippen LogP contribution in [0.5, 0.6) is 0 Å². The van der Waals surface area contributed by atoms with Crippen molar-refractivity contribution < 1.29 is 4.79 Å². The maximum absolute atomic E-state index is 11.1. The van der Waals surface area contributed by atoms with Crippen LogP contribution >= 0.6 is 0 Å². The summed E-state index contributed by atoms with van der Waals surface area (Å²) >= 11 is 0. The van der Waals surface area contributed by atoms with E-state index in [1.807, 2.05) is 19.1 Å². The molecule has 1 aliphatic rings. The zero-order valence-electron chi connectivity index (χ0n) is 11.3. The molecular weight excluding hydrogens is 224 g/mol. The number of rotatable bonds is 6. The maximum Gasteiger partial charge on any atom is 0.248 e. The van der Waals surface area contributed by atoms with Gasteiger partial charge in [-0.25, -0.2) is 0 Å². The predicted molar refractivity (Wildman–Crippen MR) is 73.4 cm³/mol. The number of carbonyl (C=O) groups excluding carboxylic acids is 1. The summed E-state index contributed by atoms with van der Waals surface area (Å²) in [5, 5.41) is 3.53. The van der Waals surface area contributed by atoms with Crippen molar-refractivity contribution in [2.75, 3.05) is 6.54 Å². The lowest BCUT2D eigenvalue weighted by Gasteiger charge is -2.14. The quantitative estimate of drug-likeness (QED) is 0.809. The Morgan fingerprint density at radius 2 is 2.17 bits per heavy atom. The van der Waals surface area contributed by atoms with Crippen molar-refractivity contribution in [3.05, 3.63) is 34.9 Å². The van der Waals surface area contributed by atoms with Gasteiger partial charge in [-0.1, -0.05) is 13.0 Å². The number of nitrogens with two attached hydrogens (primary N) is 1. The summed E-state index contributed by atoms with van der Waals surface area (Å²) in [7, 11) is 0. The van der Waals surface area contributed by atoms with E-state index in [0.717, 1.165) is 18.7 Å². The molecule has 0 heterocycles. The SMILES string of the molecule is CCC1(CNCc2ccc(C(N)=O)cc2C)CC1. The Kier molecular flexibility index (Phi) is 3.71. The van der Waals surface area contributed by atoms with Gasteiger partial charge in [-0.05, 0) is 54.9 Å². The molecule has 0 atom stereocenters. The van der Waals surface area contributed by atoms with Crippen LogP contribution in [0.15, 0.2) is 18.2 Å². The summed E-state index contributed by atoms with van der Waals surface area (Å²) in [6.45, 7) is 6.25. The average molecular weight is 246 g/mol. The first-order chi connectivity index (χ1) is 8.56. The van der Waals surface area contributed by atoms with Gasteiger partial charge in [-0.3, -0.25) is 4.79 Å². The molecule has 1 aromatic carbocycles. The first-order valence-corrected chi connectivity index (χ1v) is 6.66. The van der Waals surface area contributed by atoms with E-state index in [1.54, 1.807) is 6.07 Å². The zero-order valence-corrected chi connectivity index (χ0v) is 11.3. The molecule has 1 amide bonds. The standard InChI is InChI=1S/C15H22N2O/c1-3-15(6-7-15)10-17-9-13-5-4-12(14(16)18)8-11(13)2/h4-5,8,17H,3,6-7,9-10H2,1-2H3,(H2,16,18). The second kappa shape index (κ2) is 5.11. The highest BCUT2D eigenvalue weighted by Gasteiger charge is 2.39. The lowest BCUT2D eigenvalue weighted by atomic mass is 10.0. The third kappa shape index (κ3) is 2.91. The Morgan fingerprint density at radius 1 is 1.44 bits per heavy atom. The van der Waals surface area contributed by atoms with Crippen molar-refractivity contribution >= 4 is 5.91 Å². The molecule has 0 radical (unpaired) electrons. The van der Waals surface area contributed by atoms with Crippen molar-refractivity contribution in [3.8, 4) is 0 Å². The minimum Gasteiger partial charge on any atom is -0.366 e. The zero-order chi connectivity index (χ0) is 13.2. The topological polar surface area (TPSA) is 55.1 Å². The van der Waals surface area contributed by atoms with Crippen LogP contribution in [0.2, 0.25) is 0 Å². The Hall–Kier alpha value is -1.35. The van der Waals surface area contributed by atoms with Crippen LogP contribution < -0.4 is 11.1 Å². The van der Waals surface area contributed by atoms with Gasteiger partial charge in [-0.15, -0.1) is 0 Å². The second-order valence-corrected chi connectivity index (χ2v) is 5.46. The van der Waals surface area contributed by atoms with Gasteiger partial charge in [0.05, 0.1) is 0 Å². The van der Waals surface area contributed by atoms with Gasteiger partial charge < -0.3 is 11.1 Å². The van der Waals surface area contributed by atoms with E-state index in [-0.39, 0.29) is 5.91 Å². The van der Waals surface area contributed by atoms with Crippen LogP contribution in [-0.4, -0.2) is 12.5 Å². The Balaban J connectivity index is 1.91. The number of aryl methyl sites for hydroxylation is 1. The first kappa shape index (κ1) is 13.1. The molecule has 0 bridgehead atoms. The minimum absolute atomic E-state index is 0.361. The molecule has 1 aliphatic carbocycles. The summed E-state index contributed by atoms with van der Waals surface area (Å²) in [6, 6.07) is 5.67. The molecule has 3 N–H and O–H groups in total. The monoisotopic (exact) mass is 246 g/mol. The predicted octanol–water partition coefficient (Wildman–Crippen LogP) is 2.37. The van der Waals surface area contributed by atoms with Gasteiger partial charge in [0, 0.05) is 18.7 Å². The molecular formula is C15H22N2O. The molecule has 0 aliphatic heterocycles. The molecule has 3 heteroatoms. The highest BCUT2D eigenvalue weighted by atomic mass is 16.1. The van der Waals surface area contributed by atoms with Gasteiger partial charge >= 0.3 is 0 Å². The highest BCUT2D eigenvalue weighted by molar-refractivity contribution is 5.93. The number of hydrogen-bond donors (Lipinski definition) is 2. The molecule has 3 nitrogen and oxygen atoms in total. The molecule has 1 saturated carbocycles. The second-order valence-electron chi connectivity index (χ2n) is 5.46. The van der Waals surface area contributed by atoms with Crippen LogP contribution in [-0.2, 0) is 6.54 Å². The number of carbonyl (C=O) groups is 1. The van der Waals surface area contributed by atoms with E-state index < -0.39 is 0 Å². The maximum atomic E-state index is 11.1. The third-order valence-electron chi connectivity index (χ3n) is 4.15. The smallest absolute Gasteiger partial charge is 0.248 e. The van der Waals surface area contributed by atoms with Gasteiger partial charge in [0.15, 0.2) is 0 Å². The van der Waals surface area contributed by atoms with Crippen molar-refractivity contribution in [1.82, 2.24) is 5.32 Å². The van der Waals surface area contributed by atoms with Crippen LogP contribution in [0.25, 0.3) is 0 Å². The number of primary amides is 1. The highest BCUT2D eigenvalue weighted by Crippen LogP contribution is 2.47. The molecule has 0 spiro atoms. The van der Waals surface area contributed by atoms with E-state index in [4.69, 9.17) is 5.73 Å². The fourth-order valence-corrected chi connectivity index (χ4v) is 2.34. The molecule has 1 fully saturated rings. The number of nitrogens with one attached hydrogen (secondary N) is 1. The van der Waals surface area contributed by atoms with E-state index >= 15 is 0 Å². The largest absolute Gasteiger partial charge is 0.366 e. The summed E-state index contributed by atoms with van der Waals surface area (Å²) < 4.78 is 0. The molecule has 0 unspecified atom stereocenters. The first-order valence-electron chi connectivity index (χ1n) is 6.66. The lowest BCUT2D eigenvalue weighted by molar-refractivity contribution is 0.1000. The summed E-state index contributed by atoms with van der Waals surface area (Å²) in [4.78, 5) is 11.1. The third-order valence-corrected chi connectivity index (χ3v) is 4.15. The fourth-order valence-electron chi connectivity index (χ4n) is 2.34. The van der Waals surface area contributed by atoms with E-state index in [2.05, 4.69) is 12.2 Å². The van der Waals surface area contributed by atoms with E-state index in [9.17, 15) is 4.79 Å². The van der Waals surface area contributed by atoms with Crippen LogP contribution in [0, 0.1) is 12.3 Å². The van der Waals surface area contributed by atoms with E-state index in [0.29, 0.717) is 11.0 Å². The van der Waals surface area contributed by atoms with Crippen LogP contribution in [0.3, 0.4) is 0 Å². The molecule has 0 aromatic heterocycles. The molecule has 98 valence electrons. The van der Waals surface area contributed by atoms with Crippen molar-refractivity contribution in [2.45, 2.75) is 39.7 Å².